The first-order chi connectivity index (χ1) is 16.3. The van der Waals surface area contributed by atoms with Crippen LogP contribution in [0.5, 0.6) is 0 Å². The Bertz CT molecular complexity index is 1670. The molecule has 0 saturated carbocycles. The average Bonchev–Trinajstić information content (AvgIpc) is 3.17. The molecule has 0 spiro atoms. The minimum atomic E-state index is -0.493. The van der Waals surface area contributed by atoms with E-state index in [4.69, 9.17) is 16.0 Å². The van der Waals surface area contributed by atoms with Crippen LogP contribution >= 0.6 is 11.6 Å². The lowest BCUT2D eigenvalue weighted by Gasteiger charge is -2.15. The molecule has 0 bridgehead atoms. The maximum absolute atomic E-state index is 13.7. The monoisotopic (exact) mass is 472 g/mol. The van der Waals surface area contributed by atoms with E-state index in [9.17, 15) is 9.59 Å². The zero-order valence-corrected chi connectivity index (χ0v) is 19.6. The van der Waals surface area contributed by atoms with Gasteiger partial charge in [0.2, 0.25) is 5.89 Å². The zero-order valence-electron chi connectivity index (χ0n) is 18.9. The molecule has 0 saturated heterocycles. The predicted molar refractivity (Wildman–Crippen MR) is 132 cm³/mol. The number of fused-ring (bicyclic) bond motifs is 1. The lowest BCUT2D eigenvalue weighted by molar-refractivity contribution is 0.536. The quantitative estimate of drug-likeness (QED) is 0.374. The molecular formula is C26H21ClN4O3. The van der Waals surface area contributed by atoms with Crippen LogP contribution in [0.4, 0.5) is 0 Å². The minimum Gasteiger partial charge on any atom is -0.441 e. The second-order valence-electron chi connectivity index (χ2n) is 8.16. The van der Waals surface area contributed by atoms with Crippen molar-refractivity contribution < 1.29 is 4.42 Å². The second-order valence-corrected chi connectivity index (χ2v) is 8.59. The minimum absolute atomic E-state index is 0.0380. The molecular weight excluding hydrogens is 452 g/mol. The van der Waals surface area contributed by atoms with Crippen molar-refractivity contribution in [3.63, 3.8) is 0 Å². The Labute approximate surface area is 199 Å². The molecule has 0 aliphatic carbocycles. The number of aromatic nitrogens is 4. The number of hydrogen-bond donors (Lipinski definition) is 0. The van der Waals surface area contributed by atoms with Gasteiger partial charge in [0.15, 0.2) is 5.65 Å². The van der Waals surface area contributed by atoms with Crippen LogP contribution in [-0.2, 0) is 6.54 Å². The van der Waals surface area contributed by atoms with E-state index in [0.29, 0.717) is 44.7 Å². The van der Waals surface area contributed by atoms with Gasteiger partial charge in [0.1, 0.15) is 11.5 Å². The molecule has 0 unspecified atom stereocenters. The highest BCUT2D eigenvalue weighted by molar-refractivity contribution is 6.30. The normalized spacial score (nSPS) is 11.3. The molecule has 0 fully saturated rings. The fourth-order valence-corrected chi connectivity index (χ4v) is 4.29. The summed E-state index contributed by atoms with van der Waals surface area (Å²) in [5.74, 6) is 0.895. The van der Waals surface area contributed by atoms with E-state index in [1.165, 1.54) is 9.13 Å². The SMILES string of the molecule is Cc1cc(C)c2c(=O)n(Cc3nc(-c4cccc(Cl)c4)oc3C)c(=O)n(-c3ccccc3)c2n1. The van der Waals surface area contributed by atoms with E-state index < -0.39 is 11.2 Å². The Morgan fingerprint density at radius 2 is 1.71 bits per heavy atom. The summed E-state index contributed by atoms with van der Waals surface area (Å²) in [6.07, 6.45) is 0. The van der Waals surface area contributed by atoms with E-state index in [2.05, 4.69) is 9.97 Å². The van der Waals surface area contributed by atoms with E-state index in [1.54, 1.807) is 25.1 Å². The number of para-hydroxylation sites is 1. The van der Waals surface area contributed by atoms with E-state index in [1.807, 2.05) is 56.3 Å². The Morgan fingerprint density at radius 3 is 2.44 bits per heavy atom. The highest BCUT2D eigenvalue weighted by atomic mass is 35.5. The molecule has 0 N–H and O–H groups in total. The Kier molecular flexibility index (Phi) is 5.42. The van der Waals surface area contributed by atoms with Crippen molar-refractivity contribution >= 4 is 22.6 Å². The van der Waals surface area contributed by atoms with Gasteiger partial charge in [-0.05, 0) is 62.7 Å². The van der Waals surface area contributed by atoms with Crippen LogP contribution < -0.4 is 11.2 Å². The Morgan fingerprint density at radius 1 is 0.941 bits per heavy atom. The van der Waals surface area contributed by atoms with Gasteiger partial charge in [0.05, 0.1) is 17.6 Å². The third-order valence-electron chi connectivity index (χ3n) is 5.71. The molecule has 7 nitrogen and oxygen atoms in total. The van der Waals surface area contributed by atoms with Crippen LogP contribution in [0.3, 0.4) is 0 Å². The van der Waals surface area contributed by atoms with Crippen molar-refractivity contribution in [3.05, 3.63) is 109 Å². The third kappa shape index (κ3) is 3.74. The molecule has 0 aliphatic rings. The number of pyridine rings is 1. The molecule has 34 heavy (non-hydrogen) atoms. The largest absolute Gasteiger partial charge is 0.441 e. The first-order valence-corrected chi connectivity index (χ1v) is 11.1. The van der Waals surface area contributed by atoms with Gasteiger partial charge < -0.3 is 4.42 Å². The van der Waals surface area contributed by atoms with Crippen LogP contribution in [0.15, 0.2) is 74.7 Å². The summed E-state index contributed by atoms with van der Waals surface area (Å²) in [5, 5.41) is 0.954. The summed E-state index contributed by atoms with van der Waals surface area (Å²) < 4.78 is 8.51. The predicted octanol–water partition coefficient (Wildman–Crippen LogP) is 4.83. The van der Waals surface area contributed by atoms with Gasteiger partial charge in [-0.1, -0.05) is 35.9 Å². The van der Waals surface area contributed by atoms with Crippen LogP contribution in [-0.4, -0.2) is 19.1 Å². The molecule has 170 valence electrons. The highest BCUT2D eigenvalue weighted by Gasteiger charge is 2.20. The van der Waals surface area contributed by atoms with Crippen molar-refractivity contribution in [2.24, 2.45) is 0 Å². The average molecular weight is 473 g/mol. The van der Waals surface area contributed by atoms with Crippen molar-refractivity contribution in [2.45, 2.75) is 27.3 Å². The number of rotatable bonds is 4. The van der Waals surface area contributed by atoms with E-state index in [0.717, 1.165) is 11.3 Å². The zero-order chi connectivity index (χ0) is 24.0. The van der Waals surface area contributed by atoms with Gasteiger partial charge in [-0.25, -0.2) is 19.3 Å². The Hall–Kier alpha value is -3.97. The van der Waals surface area contributed by atoms with E-state index >= 15 is 0 Å². The number of aryl methyl sites for hydroxylation is 3. The number of nitrogens with zero attached hydrogens (tertiary/aromatic N) is 4. The van der Waals surface area contributed by atoms with Crippen molar-refractivity contribution in [2.75, 3.05) is 0 Å². The molecule has 2 aromatic carbocycles. The number of oxazole rings is 1. The van der Waals surface area contributed by atoms with Gasteiger partial charge in [-0.2, -0.15) is 0 Å². The van der Waals surface area contributed by atoms with Gasteiger partial charge in [-0.15, -0.1) is 0 Å². The molecule has 0 aliphatic heterocycles. The van der Waals surface area contributed by atoms with Crippen molar-refractivity contribution in [3.8, 4) is 17.1 Å². The summed E-state index contributed by atoms with van der Waals surface area (Å²) in [6.45, 7) is 5.41. The molecule has 5 rings (SSSR count). The van der Waals surface area contributed by atoms with Crippen molar-refractivity contribution in [1.82, 2.24) is 19.1 Å². The lowest BCUT2D eigenvalue weighted by Crippen LogP contribution is -2.40. The van der Waals surface area contributed by atoms with Gasteiger partial charge in [0, 0.05) is 16.3 Å². The highest BCUT2D eigenvalue weighted by Crippen LogP contribution is 2.25. The number of halogens is 1. The standard InChI is InChI=1S/C26H21ClN4O3/c1-15-12-16(2)28-23-22(15)25(32)30(26(33)31(23)20-10-5-4-6-11-20)14-21-17(3)34-24(29-21)18-8-7-9-19(27)13-18/h4-13H,14H2,1-3H3. The second kappa shape index (κ2) is 8.43. The summed E-state index contributed by atoms with van der Waals surface area (Å²) in [4.78, 5) is 36.3. The van der Waals surface area contributed by atoms with Crippen LogP contribution in [0.25, 0.3) is 28.2 Å². The summed E-state index contributed by atoms with van der Waals surface area (Å²) in [5.41, 5.74) is 2.74. The molecule has 0 atom stereocenters. The maximum atomic E-state index is 13.7. The molecule has 0 amide bonds. The summed E-state index contributed by atoms with van der Waals surface area (Å²) >= 11 is 6.10. The van der Waals surface area contributed by atoms with Crippen LogP contribution in [0.1, 0.15) is 22.7 Å². The van der Waals surface area contributed by atoms with Crippen molar-refractivity contribution in [1.29, 1.82) is 0 Å². The maximum Gasteiger partial charge on any atom is 0.337 e. The molecule has 5 aromatic rings. The summed E-state index contributed by atoms with van der Waals surface area (Å²) in [7, 11) is 0. The number of benzene rings is 2. The van der Waals surface area contributed by atoms with Crippen LogP contribution in [0.2, 0.25) is 5.02 Å². The lowest BCUT2D eigenvalue weighted by atomic mass is 10.1. The number of hydrogen-bond acceptors (Lipinski definition) is 5. The molecule has 8 heteroatoms. The first-order valence-electron chi connectivity index (χ1n) is 10.7. The molecule has 3 aromatic heterocycles. The first kappa shape index (κ1) is 21.9. The summed E-state index contributed by atoms with van der Waals surface area (Å²) in [6, 6.07) is 18.2. The topological polar surface area (TPSA) is 82.9 Å². The fraction of sp³-hybridized carbons (Fsp3) is 0.154. The van der Waals surface area contributed by atoms with Gasteiger partial charge in [0.25, 0.3) is 5.56 Å². The molecule has 0 radical (unpaired) electrons. The Balaban J connectivity index is 1.73. The third-order valence-corrected chi connectivity index (χ3v) is 5.94. The van der Waals surface area contributed by atoms with E-state index in [-0.39, 0.29) is 6.54 Å². The van der Waals surface area contributed by atoms with Gasteiger partial charge in [-0.3, -0.25) is 9.36 Å². The van der Waals surface area contributed by atoms with Gasteiger partial charge >= 0.3 is 5.69 Å². The smallest absolute Gasteiger partial charge is 0.337 e. The van der Waals surface area contributed by atoms with Crippen LogP contribution in [0, 0.1) is 20.8 Å². The molecule has 3 heterocycles. The fourth-order valence-electron chi connectivity index (χ4n) is 4.10.